The van der Waals surface area contributed by atoms with Crippen LogP contribution in [-0.4, -0.2) is 34.7 Å². The van der Waals surface area contributed by atoms with Gasteiger partial charge in [-0.25, -0.2) is 4.98 Å². The van der Waals surface area contributed by atoms with Gasteiger partial charge in [-0.2, -0.15) is 0 Å². The number of nitrogens with one attached hydrogen (secondary N) is 2. The number of allylic oxidation sites excluding steroid dienone is 2. The number of unbranched alkanes of at least 4 members (excludes halogenated alkanes) is 2. The van der Waals surface area contributed by atoms with Gasteiger partial charge in [0.15, 0.2) is 0 Å². The summed E-state index contributed by atoms with van der Waals surface area (Å²) in [5.41, 5.74) is 8.39. The van der Waals surface area contributed by atoms with E-state index in [0.717, 1.165) is 69.4 Å². The topological polar surface area (TPSA) is 71.8 Å². The van der Waals surface area contributed by atoms with Gasteiger partial charge in [0.05, 0.1) is 6.20 Å². The highest BCUT2D eigenvalue weighted by Crippen LogP contribution is 2.25. The first kappa shape index (κ1) is 34.6. The van der Waals surface area contributed by atoms with Crippen LogP contribution in [0.2, 0.25) is 0 Å². The molecule has 5 rings (SSSR count). The van der Waals surface area contributed by atoms with Crippen molar-refractivity contribution in [1.29, 1.82) is 0 Å². The van der Waals surface area contributed by atoms with E-state index in [1.807, 2.05) is 49.8 Å². The van der Waals surface area contributed by atoms with Gasteiger partial charge in [-0.15, -0.1) is 0 Å². The monoisotopic (exact) mass is 617 g/mol. The lowest BCUT2D eigenvalue weighted by Crippen LogP contribution is -2.26. The molecule has 2 heterocycles. The Kier molecular flexibility index (Phi) is 14.5. The van der Waals surface area contributed by atoms with Crippen molar-refractivity contribution in [2.24, 2.45) is 0 Å². The second-order valence-electron chi connectivity index (χ2n) is 12.1. The van der Waals surface area contributed by atoms with E-state index in [4.69, 9.17) is 0 Å². The summed E-state index contributed by atoms with van der Waals surface area (Å²) in [7, 11) is 1.97. The number of hydrogen-bond donors (Lipinski definition) is 2. The van der Waals surface area contributed by atoms with Gasteiger partial charge >= 0.3 is 0 Å². The van der Waals surface area contributed by atoms with Gasteiger partial charge in [-0.1, -0.05) is 104 Å². The van der Waals surface area contributed by atoms with Crippen LogP contribution in [0.3, 0.4) is 0 Å². The quantitative estimate of drug-likeness (QED) is 0.103. The Morgan fingerprint density at radius 1 is 0.935 bits per heavy atom. The molecule has 6 heteroatoms. The standard InChI is InChI=1S/C27H31N3O.C13H20N2/c31-27-25(28-19-9-3-6-13-22-11-4-1-5-12-22)21-29-26(24-16-7-2-8-17-24)30(27)20-18-23-14-10-15-23;1-4-5-12-6-7-15-10-13(12)8-11(2)9-14-3/h1-2,4-5,7-8,11-12,16-18,21,28H,3,6,9-10,13-15,19-20H2;6-8,10,14H,4-5,9H2,1-3H3/b;11-8+. The van der Waals surface area contributed by atoms with Gasteiger partial charge in [0.2, 0.25) is 0 Å². The molecule has 0 spiro atoms. The lowest BCUT2D eigenvalue weighted by Gasteiger charge is -2.18. The smallest absolute Gasteiger partial charge is 0.277 e. The third kappa shape index (κ3) is 11.0. The van der Waals surface area contributed by atoms with Crippen LogP contribution in [0.25, 0.3) is 17.5 Å². The summed E-state index contributed by atoms with van der Waals surface area (Å²) in [6, 6.07) is 22.7. The van der Waals surface area contributed by atoms with Crippen LogP contribution in [0.15, 0.2) is 107 Å². The molecule has 1 aliphatic rings. The van der Waals surface area contributed by atoms with Gasteiger partial charge in [-0.3, -0.25) is 14.3 Å². The van der Waals surface area contributed by atoms with E-state index in [2.05, 4.69) is 83.0 Å². The summed E-state index contributed by atoms with van der Waals surface area (Å²) < 4.78 is 1.80. The maximum atomic E-state index is 13.2. The lowest BCUT2D eigenvalue weighted by molar-refractivity contribution is 0.645. The molecule has 0 saturated heterocycles. The highest BCUT2D eigenvalue weighted by molar-refractivity contribution is 5.57. The Morgan fingerprint density at radius 3 is 2.39 bits per heavy atom. The summed E-state index contributed by atoms with van der Waals surface area (Å²) >= 11 is 0. The third-order valence-electron chi connectivity index (χ3n) is 8.26. The zero-order valence-electron chi connectivity index (χ0n) is 28.0. The average molecular weight is 618 g/mol. The summed E-state index contributed by atoms with van der Waals surface area (Å²) in [4.78, 5) is 22.1. The fourth-order valence-corrected chi connectivity index (χ4v) is 5.56. The number of hydrogen-bond acceptors (Lipinski definition) is 5. The van der Waals surface area contributed by atoms with Crippen LogP contribution in [0.4, 0.5) is 5.69 Å². The summed E-state index contributed by atoms with van der Waals surface area (Å²) in [6.07, 6.45) is 20.3. The molecule has 4 aromatic rings. The van der Waals surface area contributed by atoms with Crippen LogP contribution in [0.1, 0.15) is 75.5 Å². The van der Waals surface area contributed by atoms with Crippen molar-refractivity contribution in [2.45, 2.75) is 78.2 Å². The Labute approximate surface area is 275 Å². The van der Waals surface area contributed by atoms with Crippen molar-refractivity contribution in [2.75, 3.05) is 25.5 Å². The number of anilines is 1. The zero-order chi connectivity index (χ0) is 32.4. The minimum atomic E-state index is 0.00862. The van der Waals surface area contributed by atoms with Crippen LogP contribution < -0.4 is 16.2 Å². The fraction of sp³-hybridized carbons (Fsp3) is 0.375. The molecule has 0 aliphatic heterocycles. The predicted molar refractivity (Wildman–Crippen MR) is 194 cm³/mol. The van der Waals surface area contributed by atoms with Crippen LogP contribution >= 0.6 is 0 Å². The van der Waals surface area contributed by atoms with E-state index in [0.29, 0.717) is 12.2 Å². The minimum absolute atomic E-state index is 0.00862. The molecule has 242 valence electrons. The molecule has 6 nitrogen and oxygen atoms in total. The van der Waals surface area contributed by atoms with Crippen LogP contribution in [0, 0.1) is 0 Å². The van der Waals surface area contributed by atoms with Gasteiger partial charge in [0.25, 0.3) is 5.56 Å². The van der Waals surface area contributed by atoms with Crippen LogP contribution in [-0.2, 0) is 19.4 Å². The number of aromatic nitrogens is 3. The fourth-order valence-electron chi connectivity index (χ4n) is 5.56. The van der Waals surface area contributed by atoms with Gasteiger partial charge in [0, 0.05) is 37.6 Å². The summed E-state index contributed by atoms with van der Waals surface area (Å²) in [5, 5.41) is 6.48. The molecular weight excluding hydrogens is 566 g/mol. The molecule has 0 bridgehead atoms. The van der Waals surface area contributed by atoms with E-state index in [1.54, 1.807) is 10.8 Å². The molecular formula is C40H51N5O. The number of rotatable bonds is 15. The van der Waals surface area contributed by atoms with E-state index in [1.165, 1.54) is 40.7 Å². The normalized spacial score (nSPS) is 12.6. The second-order valence-corrected chi connectivity index (χ2v) is 12.1. The Balaban J connectivity index is 0.000000270. The largest absolute Gasteiger partial charge is 0.379 e. The van der Waals surface area contributed by atoms with E-state index in [9.17, 15) is 4.79 Å². The van der Waals surface area contributed by atoms with Gasteiger partial charge in [-0.05, 0) is 81.7 Å². The molecule has 0 amide bonds. The second kappa shape index (κ2) is 19.3. The molecule has 0 radical (unpaired) electrons. The molecule has 2 N–H and O–H groups in total. The minimum Gasteiger partial charge on any atom is -0.379 e. The first-order valence-corrected chi connectivity index (χ1v) is 16.9. The van der Waals surface area contributed by atoms with Crippen LogP contribution in [0.5, 0.6) is 0 Å². The Hall–Kier alpha value is -4.29. The summed E-state index contributed by atoms with van der Waals surface area (Å²) in [5.74, 6) is 0.732. The van der Waals surface area contributed by atoms with Gasteiger partial charge in [0.1, 0.15) is 11.5 Å². The molecule has 1 saturated carbocycles. The molecule has 2 aromatic heterocycles. The number of nitrogens with zero attached hydrogens (tertiary/aromatic N) is 3. The van der Waals surface area contributed by atoms with Crippen molar-refractivity contribution < 1.29 is 0 Å². The Morgan fingerprint density at radius 2 is 1.70 bits per heavy atom. The maximum absolute atomic E-state index is 13.2. The highest BCUT2D eigenvalue weighted by Gasteiger charge is 2.13. The SMILES string of the molecule is CCCc1ccncc1/C=C(\C)CNC.O=c1c(NCCCCCc2ccccc2)cnc(-c2ccccc2)n1CC=C1CCC1. The van der Waals surface area contributed by atoms with Crippen molar-refractivity contribution in [3.8, 4) is 11.4 Å². The predicted octanol–water partition coefficient (Wildman–Crippen LogP) is 8.50. The maximum Gasteiger partial charge on any atom is 0.277 e. The van der Waals surface area contributed by atoms with Crippen molar-refractivity contribution in [1.82, 2.24) is 19.9 Å². The number of likely N-dealkylation sites (N-methyl/N-ethyl adjacent to an activating group) is 1. The Bertz CT molecular complexity index is 1590. The first-order valence-electron chi connectivity index (χ1n) is 16.9. The summed E-state index contributed by atoms with van der Waals surface area (Å²) in [6.45, 7) is 6.64. The number of pyridine rings is 1. The molecule has 46 heavy (non-hydrogen) atoms. The molecule has 0 unspecified atom stereocenters. The van der Waals surface area contributed by atoms with Gasteiger partial charge < -0.3 is 10.6 Å². The zero-order valence-corrected chi connectivity index (χ0v) is 28.0. The van der Waals surface area contributed by atoms with Crippen molar-refractivity contribution >= 4 is 11.8 Å². The average Bonchev–Trinajstić information content (AvgIpc) is 3.05. The third-order valence-corrected chi connectivity index (χ3v) is 8.26. The van der Waals surface area contributed by atoms with E-state index < -0.39 is 0 Å². The lowest BCUT2D eigenvalue weighted by atomic mass is 9.92. The molecule has 1 aliphatic carbocycles. The molecule has 2 aromatic carbocycles. The van der Waals surface area contributed by atoms with E-state index in [-0.39, 0.29) is 5.56 Å². The van der Waals surface area contributed by atoms with Crippen molar-refractivity contribution in [3.05, 3.63) is 130 Å². The molecule has 0 atom stereocenters. The number of benzene rings is 2. The first-order chi connectivity index (χ1) is 22.6. The van der Waals surface area contributed by atoms with E-state index >= 15 is 0 Å². The highest BCUT2D eigenvalue weighted by atomic mass is 16.1. The van der Waals surface area contributed by atoms with Crippen molar-refractivity contribution in [3.63, 3.8) is 0 Å². The number of aryl methyl sites for hydroxylation is 2. The molecule has 1 fully saturated rings.